The molecule has 0 amide bonds. The minimum Gasteiger partial charge on any atom is -0.289 e. The maximum absolute atomic E-state index is 13.3. The summed E-state index contributed by atoms with van der Waals surface area (Å²) in [6.07, 6.45) is 1.70. The van der Waals surface area contributed by atoms with Gasteiger partial charge in [-0.05, 0) is 18.6 Å². The molecule has 0 saturated heterocycles. The molecule has 102 valence electrons. The Morgan fingerprint density at radius 2 is 2.15 bits per heavy atom. The fourth-order valence-corrected chi connectivity index (χ4v) is 2.23. The van der Waals surface area contributed by atoms with E-state index in [0.717, 1.165) is 18.5 Å². The van der Waals surface area contributed by atoms with Gasteiger partial charge in [0.25, 0.3) is 5.56 Å². The summed E-state index contributed by atoms with van der Waals surface area (Å²) in [5.41, 5.74) is 2.54. The largest absolute Gasteiger partial charge is 0.289 e. The molecule has 20 heavy (non-hydrogen) atoms. The highest BCUT2D eigenvalue weighted by atomic mass is 19.1. The lowest BCUT2D eigenvalue weighted by Crippen LogP contribution is -2.15. The van der Waals surface area contributed by atoms with Gasteiger partial charge in [-0.3, -0.25) is 9.89 Å². The summed E-state index contributed by atoms with van der Waals surface area (Å²) in [6.45, 7) is 2.04. The summed E-state index contributed by atoms with van der Waals surface area (Å²) in [7, 11) is 0. The van der Waals surface area contributed by atoms with Gasteiger partial charge in [0.15, 0.2) is 5.65 Å². The van der Waals surface area contributed by atoms with Gasteiger partial charge in [0, 0.05) is 23.4 Å². The van der Waals surface area contributed by atoms with Gasteiger partial charge in [0.2, 0.25) is 0 Å². The van der Waals surface area contributed by atoms with Crippen molar-refractivity contribution in [3.8, 4) is 11.3 Å². The summed E-state index contributed by atoms with van der Waals surface area (Å²) < 4.78 is 14.6. The third-order valence-corrected chi connectivity index (χ3v) is 3.15. The highest BCUT2D eigenvalue weighted by molar-refractivity contribution is 5.63. The van der Waals surface area contributed by atoms with Crippen LogP contribution in [0.4, 0.5) is 4.39 Å². The summed E-state index contributed by atoms with van der Waals surface area (Å²) in [5, 5.41) is 2.95. The molecular formula is C15H14FN3O. The van der Waals surface area contributed by atoms with Crippen molar-refractivity contribution in [1.82, 2.24) is 14.6 Å². The first-order valence-corrected chi connectivity index (χ1v) is 6.55. The Morgan fingerprint density at radius 1 is 1.30 bits per heavy atom. The number of aryl methyl sites for hydroxylation is 1. The Morgan fingerprint density at radius 3 is 2.90 bits per heavy atom. The molecular weight excluding hydrogens is 257 g/mol. The van der Waals surface area contributed by atoms with Crippen molar-refractivity contribution < 1.29 is 4.39 Å². The Balaban J connectivity index is 2.15. The molecule has 2 aromatic heterocycles. The Hall–Kier alpha value is -2.43. The molecule has 5 heteroatoms. The van der Waals surface area contributed by atoms with Crippen molar-refractivity contribution in [2.45, 2.75) is 19.8 Å². The average molecular weight is 271 g/mol. The predicted molar refractivity (Wildman–Crippen MR) is 75.2 cm³/mol. The Kier molecular flexibility index (Phi) is 3.10. The zero-order valence-corrected chi connectivity index (χ0v) is 11.1. The minimum absolute atomic E-state index is 0.152. The highest BCUT2D eigenvalue weighted by Gasteiger charge is 2.08. The first kappa shape index (κ1) is 12.6. The molecule has 2 heterocycles. The molecule has 0 aliphatic carbocycles. The van der Waals surface area contributed by atoms with E-state index in [-0.39, 0.29) is 11.4 Å². The second kappa shape index (κ2) is 4.92. The first-order chi connectivity index (χ1) is 9.67. The van der Waals surface area contributed by atoms with E-state index >= 15 is 0 Å². The lowest BCUT2D eigenvalue weighted by atomic mass is 10.1. The first-order valence-electron chi connectivity index (χ1n) is 6.55. The molecule has 0 atom stereocenters. The van der Waals surface area contributed by atoms with Crippen molar-refractivity contribution >= 4 is 5.65 Å². The van der Waals surface area contributed by atoms with Crippen LogP contribution in [-0.4, -0.2) is 14.6 Å². The molecule has 3 aromatic rings. The minimum atomic E-state index is -0.312. The van der Waals surface area contributed by atoms with Crippen molar-refractivity contribution in [1.29, 1.82) is 0 Å². The molecule has 0 fully saturated rings. The standard InChI is InChI=1S/C15H14FN3O/c1-2-4-12-8-15(20)19-14(17-12)9-13(18-19)10-5-3-6-11(16)7-10/h3,5-9,18H,2,4H2,1H3. The maximum atomic E-state index is 13.3. The number of aromatic nitrogens is 3. The van der Waals surface area contributed by atoms with Crippen LogP contribution in [0.2, 0.25) is 0 Å². The Bertz CT molecular complexity index is 819. The number of hydrogen-bond acceptors (Lipinski definition) is 2. The molecule has 0 bridgehead atoms. The number of benzene rings is 1. The van der Waals surface area contributed by atoms with Crippen molar-refractivity contribution in [3.63, 3.8) is 0 Å². The monoisotopic (exact) mass is 271 g/mol. The van der Waals surface area contributed by atoms with Crippen LogP contribution in [0.15, 0.2) is 41.2 Å². The summed E-state index contributed by atoms with van der Waals surface area (Å²) in [4.78, 5) is 16.4. The van der Waals surface area contributed by atoms with Crippen LogP contribution in [0.5, 0.6) is 0 Å². The van der Waals surface area contributed by atoms with Gasteiger partial charge in [0.1, 0.15) is 5.82 Å². The van der Waals surface area contributed by atoms with Crippen molar-refractivity contribution in [2.75, 3.05) is 0 Å². The molecule has 0 aliphatic rings. The molecule has 1 aromatic carbocycles. The molecule has 0 unspecified atom stereocenters. The lowest BCUT2D eigenvalue weighted by molar-refractivity contribution is 0.628. The van der Waals surface area contributed by atoms with Crippen LogP contribution < -0.4 is 5.56 Å². The molecule has 0 saturated carbocycles. The molecule has 1 N–H and O–H groups in total. The number of H-pyrrole nitrogens is 1. The highest BCUT2D eigenvalue weighted by Crippen LogP contribution is 2.19. The van der Waals surface area contributed by atoms with Crippen LogP contribution in [-0.2, 0) is 6.42 Å². The van der Waals surface area contributed by atoms with Gasteiger partial charge >= 0.3 is 0 Å². The molecule has 4 nitrogen and oxygen atoms in total. The van der Waals surface area contributed by atoms with Crippen LogP contribution in [0.25, 0.3) is 16.9 Å². The number of rotatable bonds is 3. The molecule has 0 radical (unpaired) electrons. The predicted octanol–water partition coefficient (Wildman–Crippen LogP) is 2.78. The fraction of sp³-hybridized carbons (Fsp3) is 0.200. The number of aromatic amines is 1. The van der Waals surface area contributed by atoms with Crippen molar-refractivity contribution in [3.05, 3.63) is 58.3 Å². The van der Waals surface area contributed by atoms with Gasteiger partial charge in [-0.15, -0.1) is 0 Å². The quantitative estimate of drug-likeness (QED) is 0.796. The SMILES string of the molecule is CCCc1cc(=O)n2[nH]c(-c3cccc(F)c3)cc2n1. The van der Waals surface area contributed by atoms with E-state index in [1.165, 1.54) is 22.7 Å². The van der Waals surface area contributed by atoms with Crippen LogP contribution in [0.1, 0.15) is 19.0 Å². The number of nitrogens with one attached hydrogen (secondary N) is 1. The van der Waals surface area contributed by atoms with E-state index in [0.29, 0.717) is 16.9 Å². The van der Waals surface area contributed by atoms with E-state index < -0.39 is 0 Å². The number of fused-ring (bicyclic) bond motifs is 1. The smallest absolute Gasteiger partial charge is 0.272 e. The maximum Gasteiger partial charge on any atom is 0.272 e. The van der Waals surface area contributed by atoms with Gasteiger partial charge in [-0.2, -0.15) is 0 Å². The van der Waals surface area contributed by atoms with Crippen LogP contribution in [0, 0.1) is 5.82 Å². The molecule has 0 aliphatic heterocycles. The van der Waals surface area contributed by atoms with E-state index in [1.54, 1.807) is 18.2 Å². The van der Waals surface area contributed by atoms with Gasteiger partial charge in [-0.1, -0.05) is 25.5 Å². The summed E-state index contributed by atoms with van der Waals surface area (Å²) in [6, 6.07) is 9.51. The third kappa shape index (κ3) is 2.22. The zero-order chi connectivity index (χ0) is 14.1. The molecule has 0 spiro atoms. The van der Waals surface area contributed by atoms with E-state index in [2.05, 4.69) is 10.1 Å². The second-order valence-corrected chi connectivity index (χ2v) is 4.71. The van der Waals surface area contributed by atoms with E-state index in [9.17, 15) is 9.18 Å². The van der Waals surface area contributed by atoms with Gasteiger partial charge in [0.05, 0.1) is 5.69 Å². The van der Waals surface area contributed by atoms with Gasteiger partial charge in [-0.25, -0.2) is 13.9 Å². The van der Waals surface area contributed by atoms with Crippen LogP contribution >= 0.6 is 0 Å². The number of hydrogen-bond donors (Lipinski definition) is 1. The normalized spacial score (nSPS) is 11.1. The van der Waals surface area contributed by atoms with E-state index in [1.807, 2.05) is 6.92 Å². The van der Waals surface area contributed by atoms with E-state index in [4.69, 9.17) is 0 Å². The lowest BCUT2D eigenvalue weighted by Gasteiger charge is -1.98. The molecule has 3 rings (SSSR count). The fourth-order valence-electron chi connectivity index (χ4n) is 2.23. The van der Waals surface area contributed by atoms with Gasteiger partial charge < -0.3 is 0 Å². The zero-order valence-electron chi connectivity index (χ0n) is 11.1. The number of nitrogens with zero attached hydrogens (tertiary/aromatic N) is 2. The average Bonchev–Trinajstić information content (AvgIpc) is 2.84. The van der Waals surface area contributed by atoms with Crippen LogP contribution in [0.3, 0.4) is 0 Å². The second-order valence-electron chi connectivity index (χ2n) is 4.71. The summed E-state index contributed by atoms with van der Waals surface area (Å²) in [5.74, 6) is -0.312. The van der Waals surface area contributed by atoms with Crippen molar-refractivity contribution in [2.24, 2.45) is 0 Å². The number of halogens is 1. The topological polar surface area (TPSA) is 50.2 Å². The summed E-state index contributed by atoms with van der Waals surface area (Å²) >= 11 is 0. The third-order valence-electron chi connectivity index (χ3n) is 3.15. The Labute approximate surface area is 114 Å².